The predicted octanol–water partition coefficient (Wildman–Crippen LogP) is -0.685. The van der Waals surface area contributed by atoms with E-state index in [0.29, 0.717) is 13.0 Å². The Morgan fingerprint density at radius 1 is 1.40 bits per heavy atom. The van der Waals surface area contributed by atoms with E-state index in [1.165, 1.54) is 14.2 Å². The van der Waals surface area contributed by atoms with Crippen molar-refractivity contribution in [3.05, 3.63) is 0 Å². The fraction of sp³-hybridized carbons (Fsp3) is 1.00. The number of aliphatic hydroxyl groups excluding tert-OH is 1. The maximum Gasteiger partial charge on any atom is 0.182 e. The van der Waals surface area contributed by atoms with E-state index in [-0.39, 0.29) is 0 Å². The molecule has 0 unspecified atom stereocenters. The van der Waals surface area contributed by atoms with Gasteiger partial charge in [-0.25, -0.2) is 0 Å². The first-order chi connectivity index (χ1) is 4.76. The first-order valence-corrected chi connectivity index (χ1v) is 3.20. The molecule has 0 spiro atoms. The first kappa shape index (κ1) is 9.84. The molecule has 3 N–H and O–H groups in total. The van der Waals surface area contributed by atoms with Crippen molar-refractivity contribution in [1.29, 1.82) is 0 Å². The van der Waals surface area contributed by atoms with E-state index in [1.54, 1.807) is 0 Å². The summed E-state index contributed by atoms with van der Waals surface area (Å²) < 4.78 is 9.57. The molecule has 0 heterocycles. The van der Waals surface area contributed by atoms with Crippen LogP contribution in [0, 0.1) is 0 Å². The van der Waals surface area contributed by atoms with Gasteiger partial charge in [-0.15, -0.1) is 0 Å². The highest BCUT2D eigenvalue weighted by Crippen LogP contribution is 2.01. The summed E-state index contributed by atoms with van der Waals surface area (Å²) in [5, 5.41) is 9.18. The van der Waals surface area contributed by atoms with Gasteiger partial charge in [-0.2, -0.15) is 0 Å². The molecule has 0 aromatic carbocycles. The molecular weight excluding hydrogens is 134 g/mol. The van der Waals surface area contributed by atoms with Crippen molar-refractivity contribution in [2.24, 2.45) is 5.73 Å². The van der Waals surface area contributed by atoms with Crippen LogP contribution >= 0.6 is 0 Å². The van der Waals surface area contributed by atoms with E-state index in [9.17, 15) is 5.11 Å². The molecule has 62 valence electrons. The van der Waals surface area contributed by atoms with Crippen molar-refractivity contribution in [3.63, 3.8) is 0 Å². The summed E-state index contributed by atoms with van der Waals surface area (Å²) in [4.78, 5) is 0. The van der Waals surface area contributed by atoms with Crippen LogP contribution in [0.15, 0.2) is 0 Å². The summed E-state index contributed by atoms with van der Waals surface area (Å²) in [6.45, 7) is 0.435. The Morgan fingerprint density at radius 3 is 2.20 bits per heavy atom. The highest BCUT2D eigenvalue weighted by Gasteiger charge is 2.15. The Labute approximate surface area is 60.9 Å². The minimum Gasteiger partial charge on any atom is -0.388 e. The largest absolute Gasteiger partial charge is 0.388 e. The van der Waals surface area contributed by atoms with Gasteiger partial charge in [0, 0.05) is 14.2 Å². The minimum absolute atomic E-state index is 0.435. The standard InChI is InChI=1S/C6H15NO3/c1-9-6(10-2)5(8)3-4-7/h5-6,8H,3-4,7H2,1-2H3/t5-/m0/s1. The van der Waals surface area contributed by atoms with Crippen molar-refractivity contribution >= 4 is 0 Å². The van der Waals surface area contributed by atoms with Crippen LogP contribution in [0.2, 0.25) is 0 Å². The third-order valence-corrected chi connectivity index (χ3v) is 1.24. The van der Waals surface area contributed by atoms with Crippen LogP contribution < -0.4 is 5.73 Å². The predicted molar refractivity (Wildman–Crippen MR) is 37.5 cm³/mol. The second-order valence-corrected chi connectivity index (χ2v) is 1.98. The van der Waals surface area contributed by atoms with Gasteiger partial charge >= 0.3 is 0 Å². The van der Waals surface area contributed by atoms with Crippen molar-refractivity contribution in [2.45, 2.75) is 18.8 Å². The molecule has 0 bridgehead atoms. The average Bonchev–Trinajstić information content (AvgIpc) is 1.91. The average molecular weight is 149 g/mol. The Hall–Kier alpha value is -0.160. The van der Waals surface area contributed by atoms with Gasteiger partial charge in [0.25, 0.3) is 0 Å². The van der Waals surface area contributed by atoms with Crippen molar-refractivity contribution in [1.82, 2.24) is 0 Å². The number of methoxy groups -OCH3 is 2. The molecule has 0 radical (unpaired) electrons. The number of hydrogen-bond donors (Lipinski definition) is 2. The second-order valence-electron chi connectivity index (χ2n) is 1.98. The normalized spacial score (nSPS) is 14.1. The zero-order valence-corrected chi connectivity index (χ0v) is 6.41. The minimum atomic E-state index is -0.625. The zero-order valence-electron chi connectivity index (χ0n) is 6.41. The van der Waals surface area contributed by atoms with Gasteiger partial charge in [0.2, 0.25) is 0 Å². The Kier molecular flexibility index (Phi) is 5.52. The summed E-state index contributed by atoms with van der Waals surface area (Å²) in [7, 11) is 2.96. The van der Waals surface area contributed by atoms with Gasteiger partial charge in [-0.1, -0.05) is 0 Å². The highest BCUT2D eigenvalue weighted by molar-refractivity contribution is 4.59. The molecule has 0 fully saturated rings. The molecule has 0 aromatic rings. The third kappa shape index (κ3) is 3.12. The molecule has 0 aliphatic heterocycles. The molecular formula is C6H15NO3. The van der Waals surface area contributed by atoms with Gasteiger partial charge < -0.3 is 20.3 Å². The van der Waals surface area contributed by atoms with Crippen LogP contribution in [0.4, 0.5) is 0 Å². The monoisotopic (exact) mass is 149 g/mol. The van der Waals surface area contributed by atoms with Gasteiger partial charge in [-0.3, -0.25) is 0 Å². The molecule has 0 aromatic heterocycles. The molecule has 0 saturated carbocycles. The van der Waals surface area contributed by atoms with E-state index in [1.807, 2.05) is 0 Å². The Morgan fingerprint density at radius 2 is 1.90 bits per heavy atom. The lowest BCUT2D eigenvalue weighted by Crippen LogP contribution is -2.31. The summed E-state index contributed by atoms with van der Waals surface area (Å²) in [5.74, 6) is 0. The van der Waals surface area contributed by atoms with E-state index in [2.05, 4.69) is 0 Å². The molecule has 4 heteroatoms. The van der Waals surface area contributed by atoms with Crippen molar-refractivity contribution in [2.75, 3.05) is 20.8 Å². The number of rotatable bonds is 5. The van der Waals surface area contributed by atoms with E-state index >= 15 is 0 Å². The molecule has 10 heavy (non-hydrogen) atoms. The third-order valence-electron chi connectivity index (χ3n) is 1.24. The lowest BCUT2D eigenvalue weighted by Gasteiger charge is -2.18. The second kappa shape index (κ2) is 5.61. The first-order valence-electron chi connectivity index (χ1n) is 3.20. The molecule has 1 atom stereocenters. The topological polar surface area (TPSA) is 64.7 Å². The summed E-state index contributed by atoms with van der Waals surface area (Å²) in [6, 6.07) is 0. The quantitative estimate of drug-likeness (QED) is 0.508. The number of aliphatic hydroxyl groups is 1. The van der Waals surface area contributed by atoms with Gasteiger partial charge in [-0.05, 0) is 13.0 Å². The lowest BCUT2D eigenvalue weighted by molar-refractivity contribution is -0.164. The van der Waals surface area contributed by atoms with E-state index < -0.39 is 12.4 Å². The number of nitrogens with two attached hydrogens (primary N) is 1. The van der Waals surface area contributed by atoms with Crippen molar-refractivity contribution < 1.29 is 14.6 Å². The Bertz CT molecular complexity index is 75.4. The fourth-order valence-electron chi connectivity index (χ4n) is 0.717. The maximum absolute atomic E-state index is 9.18. The Balaban J connectivity index is 3.53. The van der Waals surface area contributed by atoms with Crippen LogP contribution in [0.5, 0.6) is 0 Å². The molecule has 0 rings (SSSR count). The summed E-state index contributed by atoms with van der Waals surface area (Å²) in [6.07, 6.45) is -0.685. The van der Waals surface area contributed by atoms with Crippen LogP contribution in [0.1, 0.15) is 6.42 Å². The lowest BCUT2D eigenvalue weighted by atomic mass is 10.2. The van der Waals surface area contributed by atoms with Gasteiger partial charge in [0.15, 0.2) is 6.29 Å². The summed E-state index contributed by atoms with van der Waals surface area (Å²) in [5.41, 5.74) is 5.21. The van der Waals surface area contributed by atoms with E-state index in [4.69, 9.17) is 15.2 Å². The molecule has 0 saturated heterocycles. The zero-order chi connectivity index (χ0) is 7.98. The number of ether oxygens (including phenoxy) is 2. The SMILES string of the molecule is COC(OC)[C@@H](O)CCN. The molecule has 0 aliphatic carbocycles. The van der Waals surface area contributed by atoms with Crippen LogP contribution in [0.25, 0.3) is 0 Å². The highest BCUT2D eigenvalue weighted by atomic mass is 16.7. The van der Waals surface area contributed by atoms with Crippen LogP contribution in [0.3, 0.4) is 0 Å². The van der Waals surface area contributed by atoms with Crippen LogP contribution in [-0.4, -0.2) is 38.3 Å². The maximum atomic E-state index is 9.18. The molecule has 0 amide bonds. The smallest absolute Gasteiger partial charge is 0.182 e. The van der Waals surface area contributed by atoms with Gasteiger partial charge in [0.05, 0.1) is 0 Å². The fourth-order valence-corrected chi connectivity index (χ4v) is 0.717. The van der Waals surface area contributed by atoms with E-state index in [0.717, 1.165) is 0 Å². The van der Waals surface area contributed by atoms with Crippen molar-refractivity contribution in [3.8, 4) is 0 Å². The van der Waals surface area contributed by atoms with Crippen LogP contribution in [-0.2, 0) is 9.47 Å². The summed E-state index contributed by atoms with van der Waals surface area (Å²) >= 11 is 0. The molecule has 0 aliphatic rings. The molecule has 4 nitrogen and oxygen atoms in total. The number of hydrogen-bond acceptors (Lipinski definition) is 4. The van der Waals surface area contributed by atoms with Gasteiger partial charge in [0.1, 0.15) is 6.10 Å².